The third kappa shape index (κ3) is 1.97. The van der Waals surface area contributed by atoms with E-state index in [4.69, 9.17) is 25.5 Å². The van der Waals surface area contributed by atoms with Crippen molar-refractivity contribution < 1.29 is 13.9 Å². The molecule has 0 aliphatic heterocycles. The van der Waals surface area contributed by atoms with E-state index in [1.807, 2.05) is 12.1 Å². The van der Waals surface area contributed by atoms with Crippen LogP contribution in [0.2, 0.25) is 5.35 Å². The molecule has 84 valence electrons. The predicted octanol–water partition coefficient (Wildman–Crippen LogP) is 3.01. The second-order valence-electron chi connectivity index (χ2n) is 3.06. The van der Waals surface area contributed by atoms with Gasteiger partial charge in [-0.1, -0.05) is 0 Å². The molecule has 0 N–H and O–H groups in total. The van der Waals surface area contributed by atoms with Gasteiger partial charge in [0.15, 0.2) is 11.5 Å². The summed E-state index contributed by atoms with van der Waals surface area (Å²) in [5, 5.41) is 0.116. The zero-order chi connectivity index (χ0) is 11.5. The van der Waals surface area contributed by atoms with Crippen LogP contribution in [0.5, 0.6) is 11.5 Å². The summed E-state index contributed by atoms with van der Waals surface area (Å²) in [4.78, 5) is 4.01. The van der Waals surface area contributed by atoms with Gasteiger partial charge in [0.05, 0.1) is 14.2 Å². The van der Waals surface area contributed by atoms with Crippen molar-refractivity contribution >= 4 is 11.6 Å². The molecule has 16 heavy (non-hydrogen) atoms. The van der Waals surface area contributed by atoms with Crippen molar-refractivity contribution in [1.82, 2.24) is 4.98 Å². The summed E-state index contributed by atoms with van der Waals surface area (Å²) in [5.41, 5.74) is 1.51. The van der Waals surface area contributed by atoms with Crippen LogP contribution in [0, 0.1) is 0 Å². The quantitative estimate of drug-likeness (QED) is 0.826. The minimum Gasteiger partial charge on any atom is -0.493 e. The third-order valence-corrected chi connectivity index (χ3v) is 2.33. The third-order valence-electron chi connectivity index (χ3n) is 2.16. The van der Waals surface area contributed by atoms with Crippen molar-refractivity contribution in [1.29, 1.82) is 0 Å². The molecular formula is C11H10ClNO3. The van der Waals surface area contributed by atoms with Crippen molar-refractivity contribution in [2.24, 2.45) is 0 Å². The van der Waals surface area contributed by atoms with Gasteiger partial charge in [-0.15, -0.1) is 0 Å². The van der Waals surface area contributed by atoms with Crippen molar-refractivity contribution in [2.75, 3.05) is 14.2 Å². The van der Waals surface area contributed by atoms with Gasteiger partial charge in [-0.3, -0.25) is 0 Å². The highest BCUT2D eigenvalue weighted by molar-refractivity contribution is 6.27. The van der Waals surface area contributed by atoms with Crippen molar-refractivity contribution in [3.8, 4) is 22.8 Å². The van der Waals surface area contributed by atoms with Gasteiger partial charge in [0.2, 0.25) is 0 Å². The molecule has 1 aromatic carbocycles. The van der Waals surface area contributed by atoms with E-state index in [1.54, 1.807) is 20.3 Å². The van der Waals surface area contributed by atoms with Crippen LogP contribution in [-0.2, 0) is 0 Å². The number of aromatic nitrogens is 1. The van der Waals surface area contributed by atoms with Gasteiger partial charge >= 0.3 is 0 Å². The molecule has 0 bridgehead atoms. The lowest BCUT2D eigenvalue weighted by Crippen LogP contribution is -1.90. The lowest BCUT2D eigenvalue weighted by molar-refractivity contribution is 0.355. The largest absolute Gasteiger partial charge is 0.493 e. The Morgan fingerprint density at radius 2 is 1.94 bits per heavy atom. The molecule has 0 amide bonds. The molecule has 0 fully saturated rings. The zero-order valence-electron chi connectivity index (χ0n) is 8.86. The molecule has 0 radical (unpaired) electrons. The first-order chi connectivity index (χ1) is 7.74. The summed E-state index contributed by atoms with van der Waals surface area (Å²) in [5.74, 6) is 1.31. The molecule has 0 saturated heterocycles. The zero-order valence-corrected chi connectivity index (χ0v) is 9.62. The molecule has 0 saturated carbocycles. The number of nitrogens with zero attached hydrogens (tertiary/aromatic N) is 1. The number of hydrogen-bond donors (Lipinski definition) is 0. The Kier molecular flexibility index (Phi) is 3.01. The fourth-order valence-electron chi connectivity index (χ4n) is 1.38. The predicted molar refractivity (Wildman–Crippen MR) is 60.1 cm³/mol. The highest BCUT2D eigenvalue weighted by atomic mass is 35.5. The smallest absolute Gasteiger partial charge is 0.292 e. The van der Waals surface area contributed by atoms with E-state index in [9.17, 15) is 0 Å². The molecule has 0 spiro atoms. The van der Waals surface area contributed by atoms with Crippen LogP contribution in [-0.4, -0.2) is 19.2 Å². The van der Waals surface area contributed by atoms with Gasteiger partial charge in [-0.25, -0.2) is 0 Å². The Balaban J connectivity index is 2.43. The minimum atomic E-state index is 0.116. The van der Waals surface area contributed by atoms with Gasteiger partial charge in [-0.2, -0.15) is 4.98 Å². The highest BCUT2D eigenvalue weighted by Crippen LogP contribution is 2.32. The van der Waals surface area contributed by atoms with Crippen LogP contribution in [0.3, 0.4) is 0 Å². The first-order valence-electron chi connectivity index (χ1n) is 4.58. The summed E-state index contributed by atoms with van der Waals surface area (Å²) in [6, 6.07) is 5.47. The van der Waals surface area contributed by atoms with E-state index in [2.05, 4.69) is 4.98 Å². The second-order valence-corrected chi connectivity index (χ2v) is 3.38. The topological polar surface area (TPSA) is 44.5 Å². The number of ether oxygens (including phenoxy) is 2. The SMILES string of the molecule is COc1ccc(-c2coc(Cl)n2)cc1OC. The van der Waals surface area contributed by atoms with E-state index < -0.39 is 0 Å². The van der Waals surface area contributed by atoms with Crippen molar-refractivity contribution in [2.45, 2.75) is 0 Å². The van der Waals surface area contributed by atoms with E-state index in [-0.39, 0.29) is 5.35 Å². The van der Waals surface area contributed by atoms with E-state index >= 15 is 0 Å². The van der Waals surface area contributed by atoms with E-state index in [0.29, 0.717) is 17.2 Å². The Labute approximate surface area is 97.8 Å². The molecule has 0 aliphatic carbocycles. The maximum absolute atomic E-state index is 5.61. The standard InChI is InChI=1S/C11H10ClNO3/c1-14-9-4-3-7(5-10(9)15-2)8-6-16-11(12)13-8/h3-6H,1-2H3. The summed E-state index contributed by atoms with van der Waals surface area (Å²) in [7, 11) is 3.17. The van der Waals surface area contributed by atoms with Gasteiger partial charge < -0.3 is 13.9 Å². The van der Waals surface area contributed by atoms with Crippen LogP contribution in [0.25, 0.3) is 11.3 Å². The van der Waals surface area contributed by atoms with Crippen LogP contribution >= 0.6 is 11.6 Å². The number of halogens is 1. The normalized spacial score (nSPS) is 10.2. The number of oxazole rings is 1. The number of methoxy groups -OCH3 is 2. The van der Waals surface area contributed by atoms with Crippen LogP contribution in [0.1, 0.15) is 0 Å². The maximum atomic E-state index is 5.61. The molecule has 0 unspecified atom stereocenters. The van der Waals surface area contributed by atoms with Crippen LogP contribution in [0.4, 0.5) is 0 Å². The molecule has 2 rings (SSSR count). The summed E-state index contributed by atoms with van der Waals surface area (Å²) >= 11 is 5.61. The summed E-state index contributed by atoms with van der Waals surface area (Å²) < 4.78 is 15.3. The van der Waals surface area contributed by atoms with Gasteiger partial charge in [0, 0.05) is 5.56 Å². The van der Waals surface area contributed by atoms with Gasteiger partial charge in [-0.05, 0) is 29.8 Å². The molecule has 0 aliphatic rings. The van der Waals surface area contributed by atoms with Gasteiger partial charge in [0.25, 0.3) is 5.35 Å². The first kappa shape index (κ1) is 10.8. The van der Waals surface area contributed by atoms with Crippen LogP contribution < -0.4 is 9.47 Å². The molecule has 1 aromatic heterocycles. The van der Waals surface area contributed by atoms with Crippen molar-refractivity contribution in [3.05, 3.63) is 29.8 Å². The average Bonchev–Trinajstić information content (AvgIpc) is 2.75. The summed E-state index contributed by atoms with van der Waals surface area (Å²) in [6.45, 7) is 0. The fourth-order valence-corrected chi connectivity index (χ4v) is 1.52. The number of benzene rings is 1. The Bertz CT molecular complexity index is 496. The average molecular weight is 240 g/mol. The second kappa shape index (κ2) is 4.45. The maximum Gasteiger partial charge on any atom is 0.292 e. The first-order valence-corrected chi connectivity index (χ1v) is 4.96. The van der Waals surface area contributed by atoms with Crippen LogP contribution in [0.15, 0.2) is 28.9 Å². The summed E-state index contributed by atoms with van der Waals surface area (Å²) in [6.07, 6.45) is 1.49. The Morgan fingerprint density at radius 3 is 2.50 bits per heavy atom. The molecule has 2 aromatic rings. The Morgan fingerprint density at radius 1 is 1.19 bits per heavy atom. The molecule has 1 heterocycles. The lowest BCUT2D eigenvalue weighted by Gasteiger charge is -2.07. The minimum absolute atomic E-state index is 0.116. The van der Waals surface area contributed by atoms with E-state index in [0.717, 1.165) is 5.56 Å². The number of rotatable bonds is 3. The number of hydrogen-bond acceptors (Lipinski definition) is 4. The Hall–Kier alpha value is -1.68. The molecular weight excluding hydrogens is 230 g/mol. The van der Waals surface area contributed by atoms with Crippen molar-refractivity contribution in [3.63, 3.8) is 0 Å². The monoisotopic (exact) mass is 239 g/mol. The fraction of sp³-hybridized carbons (Fsp3) is 0.182. The van der Waals surface area contributed by atoms with Gasteiger partial charge in [0.1, 0.15) is 12.0 Å². The molecule has 5 heteroatoms. The highest BCUT2D eigenvalue weighted by Gasteiger charge is 2.09. The molecule has 4 nitrogen and oxygen atoms in total. The lowest BCUT2D eigenvalue weighted by atomic mass is 10.1. The molecule has 0 atom stereocenters. The van der Waals surface area contributed by atoms with E-state index in [1.165, 1.54) is 6.26 Å².